The molecule has 0 saturated carbocycles. The summed E-state index contributed by atoms with van der Waals surface area (Å²) in [6, 6.07) is 7.89. The molecule has 2 atom stereocenters. The van der Waals surface area contributed by atoms with E-state index < -0.39 is 23.8 Å². The lowest BCUT2D eigenvalue weighted by Gasteiger charge is -2.29. The number of hydroxylamine groups is 1. The maximum absolute atomic E-state index is 13.6. The fourth-order valence-electron chi connectivity index (χ4n) is 1.96. The molecule has 0 aromatic heterocycles. The first-order chi connectivity index (χ1) is 9.13. The van der Waals surface area contributed by atoms with Crippen molar-refractivity contribution in [3.05, 3.63) is 54.0 Å². The first-order valence-electron chi connectivity index (χ1n) is 5.65. The van der Waals surface area contributed by atoms with Gasteiger partial charge < -0.3 is 10.4 Å². The van der Waals surface area contributed by atoms with Gasteiger partial charge in [-0.2, -0.15) is 0 Å². The number of benzene rings is 1. The van der Waals surface area contributed by atoms with Crippen molar-refractivity contribution in [2.75, 3.05) is 5.32 Å². The van der Waals surface area contributed by atoms with E-state index in [4.69, 9.17) is 10.3 Å². The molecule has 0 spiro atoms. The maximum Gasteiger partial charge on any atom is 0.315 e. The van der Waals surface area contributed by atoms with Crippen LogP contribution in [0.25, 0.3) is 0 Å². The van der Waals surface area contributed by atoms with E-state index in [0.717, 1.165) is 6.08 Å². The maximum atomic E-state index is 13.6. The van der Waals surface area contributed by atoms with E-state index in [0.29, 0.717) is 5.69 Å². The number of carbonyl (C=O) groups is 1. The zero-order valence-corrected chi connectivity index (χ0v) is 9.88. The molecule has 100 valence electrons. The normalized spacial score (nSPS) is 22.2. The molecule has 0 saturated heterocycles. The summed E-state index contributed by atoms with van der Waals surface area (Å²) in [6.07, 6.45) is 2.33. The van der Waals surface area contributed by atoms with Crippen molar-refractivity contribution in [2.24, 2.45) is 5.92 Å². The second-order valence-electron chi connectivity index (χ2n) is 4.09. The highest BCUT2D eigenvalue weighted by Crippen LogP contribution is 2.28. The van der Waals surface area contributed by atoms with Crippen molar-refractivity contribution >= 4 is 11.7 Å². The van der Waals surface area contributed by atoms with E-state index in [-0.39, 0.29) is 5.70 Å². The van der Waals surface area contributed by atoms with Gasteiger partial charge in [0.15, 0.2) is 0 Å². The lowest BCUT2D eigenvalue weighted by atomic mass is 9.91. The third kappa shape index (κ3) is 2.74. The van der Waals surface area contributed by atoms with Gasteiger partial charge in [0.1, 0.15) is 11.7 Å². The van der Waals surface area contributed by atoms with Crippen LogP contribution in [0.2, 0.25) is 0 Å². The molecule has 5 nitrogen and oxygen atoms in total. The fraction of sp³-hybridized carbons (Fsp3) is 0.154. The highest BCUT2D eigenvalue weighted by molar-refractivity contribution is 5.76. The van der Waals surface area contributed by atoms with E-state index in [1.807, 2.05) is 11.5 Å². The molecule has 0 radical (unpaired) electrons. The molecule has 2 rings (SSSR count). The summed E-state index contributed by atoms with van der Waals surface area (Å²) in [4.78, 5) is 11.2. The van der Waals surface area contributed by atoms with E-state index >= 15 is 0 Å². The zero-order valence-electron chi connectivity index (χ0n) is 9.88. The SMILES string of the molecule is O=C(O)C1C(F)=CC=C(NO)C1Nc1ccccc1. The summed E-state index contributed by atoms with van der Waals surface area (Å²) in [5.41, 5.74) is 2.73. The number of allylic oxidation sites excluding steroid dienone is 2. The molecule has 1 aliphatic carbocycles. The van der Waals surface area contributed by atoms with Crippen LogP contribution < -0.4 is 10.8 Å². The predicted molar refractivity (Wildman–Crippen MR) is 67.2 cm³/mol. The number of nitrogens with one attached hydrogen (secondary N) is 2. The molecule has 0 amide bonds. The quantitative estimate of drug-likeness (QED) is 0.624. The van der Waals surface area contributed by atoms with Crippen LogP contribution in [0.5, 0.6) is 0 Å². The Bertz CT molecular complexity index is 528. The molecular weight excluding hydrogens is 251 g/mol. The smallest absolute Gasteiger partial charge is 0.315 e. The Morgan fingerprint density at radius 3 is 2.47 bits per heavy atom. The van der Waals surface area contributed by atoms with Crippen molar-refractivity contribution in [3.8, 4) is 0 Å². The number of carboxylic acids is 1. The van der Waals surface area contributed by atoms with Gasteiger partial charge >= 0.3 is 5.97 Å². The number of para-hydroxylation sites is 1. The van der Waals surface area contributed by atoms with Gasteiger partial charge in [0, 0.05) is 5.69 Å². The molecular formula is C13H13FN2O3. The summed E-state index contributed by atoms with van der Waals surface area (Å²) in [5, 5.41) is 21.0. The molecule has 2 unspecified atom stereocenters. The van der Waals surface area contributed by atoms with Crippen LogP contribution >= 0.6 is 0 Å². The molecule has 4 N–H and O–H groups in total. The Morgan fingerprint density at radius 2 is 1.89 bits per heavy atom. The molecule has 0 heterocycles. The van der Waals surface area contributed by atoms with Gasteiger partial charge in [-0.05, 0) is 24.3 Å². The van der Waals surface area contributed by atoms with Gasteiger partial charge in [-0.3, -0.25) is 15.5 Å². The number of halogens is 1. The lowest BCUT2D eigenvalue weighted by molar-refractivity contribution is -0.141. The summed E-state index contributed by atoms with van der Waals surface area (Å²) in [5.74, 6) is -3.46. The van der Waals surface area contributed by atoms with Gasteiger partial charge in [-0.1, -0.05) is 18.2 Å². The molecule has 0 aliphatic heterocycles. The van der Waals surface area contributed by atoms with Crippen LogP contribution in [0.3, 0.4) is 0 Å². The second kappa shape index (κ2) is 5.53. The van der Waals surface area contributed by atoms with Gasteiger partial charge in [0.2, 0.25) is 0 Å². The standard InChI is InChI=1S/C13H13FN2O3/c14-9-6-7-10(16-19)12(11(9)13(17)18)15-8-4-2-1-3-5-8/h1-7,11-12,15-16,19H,(H,17,18). The Morgan fingerprint density at radius 1 is 1.21 bits per heavy atom. The number of aliphatic carboxylic acids is 1. The first kappa shape index (κ1) is 13.1. The van der Waals surface area contributed by atoms with Crippen LogP contribution in [0.1, 0.15) is 0 Å². The number of hydrogen-bond donors (Lipinski definition) is 4. The Kier molecular flexibility index (Phi) is 3.82. The van der Waals surface area contributed by atoms with Crippen molar-refractivity contribution in [1.29, 1.82) is 0 Å². The molecule has 1 aromatic carbocycles. The van der Waals surface area contributed by atoms with E-state index in [1.165, 1.54) is 6.08 Å². The Labute approximate surface area is 109 Å². The number of anilines is 1. The molecule has 0 fully saturated rings. The zero-order chi connectivity index (χ0) is 13.8. The summed E-state index contributed by atoms with van der Waals surface area (Å²) >= 11 is 0. The second-order valence-corrected chi connectivity index (χ2v) is 4.09. The number of carboxylic acid groups (broad SMARTS) is 1. The van der Waals surface area contributed by atoms with Gasteiger partial charge in [-0.25, -0.2) is 4.39 Å². The van der Waals surface area contributed by atoms with Crippen molar-refractivity contribution in [2.45, 2.75) is 6.04 Å². The van der Waals surface area contributed by atoms with E-state index in [9.17, 15) is 9.18 Å². The summed E-state index contributed by atoms with van der Waals surface area (Å²) in [6.45, 7) is 0. The first-order valence-corrected chi connectivity index (χ1v) is 5.65. The molecule has 19 heavy (non-hydrogen) atoms. The fourth-order valence-corrected chi connectivity index (χ4v) is 1.96. The largest absolute Gasteiger partial charge is 0.481 e. The predicted octanol–water partition coefficient (Wildman–Crippen LogP) is 1.90. The average molecular weight is 264 g/mol. The topological polar surface area (TPSA) is 81.6 Å². The van der Waals surface area contributed by atoms with Gasteiger partial charge in [0.05, 0.1) is 11.7 Å². The minimum atomic E-state index is -1.39. The monoisotopic (exact) mass is 264 g/mol. The Balaban J connectivity index is 2.30. The Hall–Kier alpha value is -2.34. The average Bonchev–Trinajstić information content (AvgIpc) is 2.40. The third-order valence-corrected chi connectivity index (χ3v) is 2.88. The lowest BCUT2D eigenvalue weighted by Crippen LogP contribution is -2.41. The molecule has 1 aromatic rings. The molecule has 6 heteroatoms. The third-order valence-electron chi connectivity index (χ3n) is 2.88. The van der Waals surface area contributed by atoms with Gasteiger partial charge in [-0.15, -0.1) is 0 Å². The number of hydrogen-bond acceptors (Lipinski definition) is 4. The van der Waals surface area contributed by atoms with Crippen LogP contribution in [0, 0.1) is 5.92 Å². The van der Waals surface area contributed by atoms with Crippen LogP contribution in [0.15, 0.2) is 54.0 Å². The van der Waals surface area contributed by atoms with Crippen molar-refractivity contribution in [1.82, 2.24) is 5.48 Å². The molecule has 1 aliphatic rings. The minimum Gasteiger partial charge on any atom is -0.481 e. The van der Waals surface area contributed by atoms with Crippen LogP contribution in [-0.2, 0) is 4.79 Å². The van der Waals surface area contributed by atoms with Crippen LogP contribution in [-0.4, -0.2) is 22.3 Å². The van der Waals surface area contributed by atoms with Crippen LogP contribution in [0.4, 0.5) is 10.1 Å². The summed E-state index contributed by atoms with van der Waals surface area (Å²) < 4.78 is 13.6. The van der Waals surface area contributed by atoms with E-state index in [2.05, 4.69) is 5.32 Å². The highest BCUT2D eigenvalue weighted by atomic mass is 19.1. The molecule has 0 bridgehead atoms. The number of rotatable bonds is 4. The minimum absolute atomic E-state index is 0.192. The van der Waals surface area contributed by atoms with Crippen molar-refractivity contribution < 1.29 is 19.5 Å². The van der Waals surface area contributed by atoms with E-state index in [1.54, 1.807) is 24.3 Å². The van der Waals surface area contributed by atoms with Gasteiger partial charge in [0.25, 0.3) is 0 Å². The summed E-state index contributed by atoms with van der Waals surface area (Å²) in [7, 11) is 0. The highest BCUT2D eigenvalue weighted by Gasteiger charge is 2.37. The van der Waals surface area contributed by atoms with Crippen molar-refractivity contribution in [3.63, 3.8) is 0 Å².